The first-order chi connectivity index (χ1) is 4.89. The smallest absolute Gasteiger partial charge is 0.106 e. The lowest BCUT2D eigenvalue weighted by Crippen LogP contribution is -1.62. The molecule has 0 atom stereocenters. The molecule has 54 valence electrons. The van der Waals surface area contributed by atoms with E-state index >= 15 is 0 Å². The number of allylic oxidation sites excluding steroid dienone is 6. The lowest BCUT2D eigenvalue weighted by molar-refractivity contribution is -0.0979. The van der Waals surface area contributed by atoms with Crippen molar-refractivity contribution >= 4 is 6.79 Å². The molecule has 0 fully saturated rings. The summed E-state index contributed by atoms with van der Waals surface area (Å²) in [6, 6.07) is 0. The van der Waals surface area contributed by atoms with Gasteiger partial charge in [0.1, 0.15) is 6.79 Å². The topological polar surface area (TPSA) is 17.1 Å². The molecule has 1 nitrogen and oxygen atoms in total. The quantitative estimate of drug-likeness (QED) is 0.499. The normalized spacial score (nSPS) is 14.7. The molecule has 0 saturated carbocycles. The molecule has 0 unspecified atom stereocenters. The number of carbonyl (C=O) groups is 1. The first kappa shape index (κ1) is 8.89. The summed E-state index contributed by atoms with van der Waals surface area (Å²) in [7, 11) is 0. The van der Waals surface area contributed by atoms with Crippen molar-refractivity contribution in [3.8, 4) is 0 Å². The second-order valence-corrected chi connectivity index (χ2v) is 1.97. The molecule has 1 rings (SSSR count). The van der Waals surface area contributed by atoms with Crippen LogP contribution in [0.3, 0.4) is 0 Å². The van der Waals surface area contributed by atoms with E-state index < -0.39 is 0 Å². The highest BCUT2D eigenvalue weighted by Crippen LogP contribution is 2.01. The summed E-state index contributed by atoms with van der Waals surface area (Å²) in [6.45, 7) is 4.11. The molecule has 1 aliphatic rings. The molecule has 0 heterocycles. The Morgan fingerprint density at radius 2 is 2.10 bits per heavy atom. The third-order valence-corrected chi connectivity index (χ3v) is 1.18. The van der Waals surface area contributed by atoms with E-state index in [-0.39, 0.29) is 0 Å². The number of carbonyl (C=O) groups excluding carboxylic acids is 1. The third-order valence-electron chi connectivity index (χ3n) is 1.18. The van der Waals surface area contributed by atoms with Crippen LogP contribution in [0.4, 0.5) is 0 Å². The molecule has 0 aromatic heterocycles. The molecule has 0 saturated heterocycles. The fourth-order valence-electron chi connectivity index (χ4n) is 0.686. The second-order valence-electron chi connectivity index (χ2n) is 1.97. The van der Waals surface area contributed by atoms with Gasteiger partial charge in [-0.25, -0.2) is 0 Å². The summed E-state index contributed by atoms with van der Waals surface area (Å²) in [6.07, 6.45) is 11.7. The lowest BCUT2D eigenvalue weighted by Gasteiger charge is -1.82. The summed E-state index contributed by atoms with van der Waals surface area (Å²) < 4.78 is 0. The van der Waals surface area contributed by atoms with Crippen LogP contribution in [0.25, 0.3) is 0 Å². The van der Waals surface area contributed by atoms with Crippen molar-refractivity contribution in [2.45, 2.75) is 13.3 Å². The van der Waals surface area contributed by atoms with Crippen molar-refractivity contribution in [2.24, 2.45) is 0 Å². The molecule has 1 aliphatic carbocycles. The summed E-state index contributed by atoms with van der Waals surface area (Å²) in [4.78, 5) is 8.00. The van der Waals surface area contributed by atoms with Gasteiger partial charge in [0.2, 0.25) is 0 Å². The van der Waals surface area contributed by atoms with Crippen molar-refractivity contribution in [1.29, 1.82) is 0 Å². The van der Waals surface area contributed by atoms with Crippen LogP contribution in [0.1, 0.15) is 13.3 Å². The van der Waals surface area contributed by atoms with Gasteiger partial charge >= 0.3 is 0 Å². The van der Waals surface area contributed by atoms with E-state index in [9.17, 15) is 0 Å². The molecule has 0 aromatic carbocycles. The largest absolute Gasteiger partial charge is 0.307 e. The molecule has 0 spiro atoms. The number of hydrogen-bond acceptors (Lipinski definition) is 1. The SMILES string of the molecule is C=O.CC1=CCC=CC=C1. The highest BCUT2D eigenvalue weighted by Gasteiger charge is 1.81. The predicted molar refractivity (Wildman–Crippen MR) is 43.8 cm³/mol. The van der Waals surface area contributed by atoms with E-state index in [4.69, 9.17) is 4.79 Å². The van der Waals surface area contributed by atoms with Crippen LogP contribution in [0.15, 0.2) is 36.0 Å². The van der Waals surface area contributed by atoms with Gasteiger partial charge in [-0.1, -0.05) is 36.0 Å². The van der Waals surface area contributed by atoms with Crippen LogP contribution in [0.2, 0.25) is 0 Å². The van der Waals surface area contributed by atoms with Crippen molar-refractivity contribution in [1.82, 2.24) is 0 Å². The van der Waals surface area contributed by atoms with Crippen LogP contribution >= 0.6 is 0 Å². The van der Waals surface area contributed by atoms with Gasteiger partial charge in [-0.3, -0.25) is 0 Å². The Morgan fingerprint density at radius 3 is 2.80 bits per heavy atom. The van der Waals surface area contributed by atoms with Crippen LogP contribution < -0.4 is 0 Å². The van der Waals surface area contributed by atoms with Gasteiger partial charge in [0.05, 0.1) is 0 Å². The Bertz CT molecular complexity index is 161. The molecule has 0 aliphatic heterocycles. The summed E-state index contributed by atoms with van der Waals surface area (Å²) in [5.41, 5.74) is 1.36. The molecule has 0 amide bonds. The molecule has 0 aromatic rings. The standard InChI is InChI=1S/C8H10.CH2O/c1-8-6-4-2-3-5-7-8;1-2/h2-4,6-7H,5H2,1H3;1H2. The van der Waals surface area contributed by atoms with Gasteiger partial charge in [0.15, 0.2) is 0 Å². The Labute approximate surface area is 61.8 Å². The number of rotatable bonds is 0. The van der Waals surface area contributed by atoms with Gasteiger partial charge in [-0.2, -0.15) is 0 Å². The third kappa shape index (κ3) is 3.84. The van der Waals surface area contributed by atoms with E-state index in [2.05, 4.69) is 37.3 Å². The maximum atomic E-state index is 8.00. The maximum absolute atomic E-state index is 8.00. The first-order valence-electron chi connectivity index (χ1n) is 3.18. The number of hydrogen-bond donors (Lipinski definition) is 0. The van der Waals surface area contributed by atoms with E-state index in [1.165, 1.54) is 5.57 Å². The molecule has 0 radical (unpaired) electrons. The van der Waals surface area contributed by atoms with Gasteiger partial charge in [-0.05, 0) is 13.3 Å². The highest BCUT2D eigenvalue weighted by atomic mass is 16.1. The molecular weight excluding hydrogens is 124 g/mol. The van der Waals surface area contributed by atoms with Crippen LogP contribution in [0, 0.1) is 0 Å². The van der Waals surface area contributed by atoms with Crippen molar-refractivity contribution in [2.75, 3.05) is 0 Å². The van der Waals surface area contributed by atoms with Crippen molar-refractivity contribution in [3.63, 3.8) is 0 Å². The second kappa shape index (κ2) is 6.02. The van der Waals surface area contributed by atoms with Crippen LogP contribution in [-0.2, 0) is 4.79 Å². The minimum absolute atomic E-state index is 1.08. The van der Waals surface area contributed by atoms with E-state index in [0.717, 1.165) is 6.42 Å². The van der Waals surface area contributed by atoms with Crippen molar-refractivity contribution in [3.05, 3.63) is 36.0 Å². The fourth-order valence-corrected chi connectivity index (χ4v) is 0.686. The van der Waals surface area contributed by atoms with Gasteiger partial charge in [-0.15, -0.1) is 0 Å². The average Bonchev–Trinajstić information content (AvgIpc) is 2.21. The lowest BCUT2D eigenvalue weighted by atomic mass is 10.2. The zero-order valence-corrected chi connectivity index (χ0v) is 6.21. The van der Waals surface area contributed by atoms with Gasteiger partial charge in [0, 0.05) is 0 Å². The summed E-state index contributed by atoms with van der Waals surface area (Å²) in [5.74, 6) is 0. The monoisotopic (exact) mass is 136 g/mol. The average molecular weight is 136 g/mol. The van der Waals surface area contributed by atoms with Crippen LogP contribution in [-0.4, -0.2) is 6.79 Å². The van der Waals surface area contributed by atoms with E-state index in [1.54, 1.807) is 0 Å². The van der Waals surface area contributed by atoms with Crippen LogP contribution in [0.5, 0.6) is 0 Å². The summed E-state index contributed by atoms with van der Waals surface area (Å²) in [5, 5.41) is 0. The first-order valence-corrected chi connectivity index (χ1v) is 3.18. The molecule has 0 bridgehead atoms. The predicted octanol–water partition coefficient (Wildman–Crippen LogP) is 2.26. The molecule has 0 N–H and O–H groups in total. The van der Waals surface area contributed by atoms with Crippen molar-refractivity contribution < 1.29 is 4.79 Å². The highest BCUT2D eigenvalue weighted by molar-refractivity contribution is 5.24. The maximum Gasteiger partial charge on any atom is 0.106 e. The Kier molecular flexibility index (Phi) is 5.35. The Balaban J connectivity index is 0.000000371. The minimum atomic E-state index is 1.08. The zero-order valence-electron chi connectivity index (χ0n) is 6.21. The fraction of sp³-hybridized carbons (Fsp3) is 0.222. The van der Waals surface area contributed by atoms with Gasteiger partial charge in [0.25, 0.3) is 0 Å². The summed E-state index contributed by atoms with van der Waals surface area (Å²) >= 11 is 0. The Morgan fingerprint density at radius 1 is 1.40 bits per heavy atom. The zero-order chi connectivity index (χ0) is 7.82. The van der Waals surface area contributed by atoms with E-state index in [0.29, 0.717) is 0 Å². The molecule has 10 heavy (non-hydrogen) atoms. The molecule has 1 heteroatoms. The minimum Gasteiger partial charge on any atom is -0.307 e. The van der Waals surface area contributed by atoms with E-state index in [1.807, 2.05) is 6.79 Å². The Hall–Kier alpha value is -1.11. The van der Waals surface area contributed by atoms with Gasteiger partial charge < -0.3 is 4.79 Å². The molecular formula is C9H12O.